The van der Waals surface area contributed by atoms with Gasteiger partial charge < -0.3 is 69.6 Å². The Morgan fingerprint density at radius 3 is 1.57 bits per heavy atom. The van der Waals surface area contributed by atoms with Gasteiger partial charge in [-0.25, -0.2) is 0 Å². The summed E-state index contributed by atoms with van der Waals surface area (Å²) in [5, 5.41) is 90.4. The highest BCUT2D eigenvalue weighted by molar-refractivity contribution is 4.93. The molecular weight excluding hydrogens is 476 g/mol. The Balaban J connectivity index is 1.60. The average molecular weight is 515 g/mol. The van der Waals surface area contributed by atoms with Gasteiger partial charge in [-0.3, -0.25) is 0 Å². The van der Waals surface area contributed by atoms with Gasteiger partial charge in [-0.15, -0.1) is 0 Å². The Labute approximate surface area is 202 Å². The third-order valence-electron chi connectivity index (χ3n) is 6.97. The SMILES string of the molecule is CCC1C(COC2OC(COC3OC(CO)C(O)C(O)C3O)C(O)C(O)C2O)OC(C)C(O)C1O. The van der Waals surface area contributed by atoms with Crippen molar-refractivity contribution in [2.24, 2.45) is 5.92 Å². The first-order valence-corrected chi connectivity index (χ1v) is 11.8. The summed E-state index contributed by atoms with van der Waals surface area (Å²) in [4.78, 5) is 0. The van der Waals surface area contributed by atoms with Crippen LogP contribution in [0.2, 0.25) is 0 Å². The van der Waals surface area contributed by atoms with E-state index in [1.807, 2.05) is 6.92 Å². The van der Waals surface area contributed by atoms with E-state index >= 15 is 0 Å². The third kappa shape index (κ3) is 6.13. The molecule has 206 valence electrons. The second kappa shape index (κ2) is 12.3. The van der Waals surface area contributed by atoms with Gasteiger partial charge >= 0.3 is 0 Å². The molecule has 0 aromatic heterocycles. The summed E-state index contributed by atoms with van der Waals surface area (Å²) in [5.74, 6) is -0.456. The van der Waals surface area contributed by atoms with Crippen LogP contribution in [-0.2, 0) is 23.7 Å². The third-order valence-corrected chi connectivity index (χ3v) is 6.97. The van der Waals surface area contributed by atoms with E-state index in [1.54, 1.807) is 6.92 Å². The zero-order valence-electron chi connectivity index (χ0n) is 19.6. The number of ether oxygens (including phenoxy) is 5. The number of hydrogen-bond donors (Lipinski definition) is 9. The molecule has 0 radical (unpaired) electrons. The van der Waals surface area contributed by atoms with Gasteiger partial charge in [-0.2, -0.15) is 0 Å². The largest absolute Gasteiger partial charge is 0.394 e. The molecule has 3 aliphatic heterocycles. The predicted molar refractivity (Wildman–Crippen MR) is 112 cm³/mol. The normalized spacial score (nSPS) is 51.3. The molecule has 9 N–H and O–H groups in total. The number of aliphatic hydroxyl groups excluding tert-OH is 9. The molecule has 0 aromatic rings. The van der Waals surface area contributed by atoms with Crippen LogP contribution in [0, 0.1) is 5.92 Å². The second-order valence-corrected chi connectivity index (χ2v) is 9.31. The van der Waals surface area contributed by atoms with Gasteiger partial charge in [0.05, 0.1) is 38.1 Å². The quantitative estimate of drug-likeness (QED) is 0.148. The lowest BCUT2D eigenvalue weighted by atomic mass is 9.85. The van der Waals surface area contributed by atoms with Crippen molar-refractivity contribution >= 4 is 0 Å². The number of hydrogen-bond acceptors (Lipinski definition) is 14. The predicted octanol–water partition coefficient (Wildman–Crippen LogP) is -4.84. The highest BCUT2D eigenvalue weighted by Crippen LogP contribution is 2.30. The minimum Gasteiger partial charge on any atom is -0.394 e. The van der Waals surface area contributed by atoms with E-state index in [0.717, 1.165) is 0 Å². The van der Waals surface area contributed by atoms with Crippen LogP contribution in [0.3, 0.4) is 0 Å². The monoisotopic (exact) mass is 514 g/mol. The van der Waals surface area contributed by atoms with Crippen LogP contribution in [0.1, 0.15) is 20.3 Å². The van der Waals surface area contributed by atoms with E-state index in [9.17, 15) is 46.0 Å². The number of rotatable bonds is 8. The van der Waals surface area contributed by atoms with Gasteiger partial charge in [0.1, 0.15) is 54.9 Å². The molecule has 14 heteroatoms. The molecule has 35 heavy (non-hydrogen) atoms. The van der Waals surface area contributed by atoms with Crippen LogP contribution in [0.15, 0.2) is 0 Å². The van der Waals surface area contributed by atoms with E-state index in [2.05, 4.69) is 0 Å². The summed E-state index contributed by atoms with van der Waals surface area (Å²) in [6, 6.07) is 0. The van der Waals surface area contributed by atoms with Crippen LogP contribution in [0.5, 0.6) is 0 Å². The van der Waals surface area contributed by atoms with Crippen molar-refractivity contribution in [1.29, 1.82) is 0 Å². The maximum Gasteiger partial charge on any atom is 0.186 e. The van der Waals surface area contributed by atoms with Crippen LogP contribution in [0.25, 0.3) is 0 Å². The Hall–Kier alpha value is -0.560. The lowest BCUT2D eigenvalue weighted by molar-refractivity contribution is -0.335. The smallest absolute Gasteiger partial charge is 0.186 e. The summed E-state index contributed by atoms with van der Waals surface area (Å²) in [6.07, 6.45) is -18.1. The molecule has 0 amide bonds. The van der Waals surface area contributed by atoms with E-state index in [0.29, 0.717) is 6.42 Å². The minimum atomic E-state index is -1.68. The summed E-state index contributed by atoms with van der Waals surface area (Å²) >= 11 is 0. The van der Waals surface area contributed by atoms with Crippen molar-refractivity contribution in [3.05, 3.63) is 0 Å². The summed E-state index contributed by atoms with van der Waals surface area (Å²) in [5.41, 5.74) is 0. The highest BCUT2D eigenvalue weighted by atomic mass is 16.7. The van der Waals surface area contributed by atoms with Crippen molar-refractivity contribution in [2.45, 2.75) is 106 Å². The molecule has 0 aliphatic carbocycles. The van der Waals surface area contributed by atoms with Crippen molar-refractivity contribution in [3.63, 3.8) is 0 Å². The molecule has 3 saturated heterocycles. The molecule has 3 fully saturated rings. The fraction of sp³-hybridized carbons (Fsp3) is 1.00. The summed E-state index contributed by atoms with van der Waals surface area (Å²) in [6.45, 7) is 2.13. The van der Waals surface area contributed by atoms with Crippen LogP contribution >= 0.6 is 0 Å². The molecule has 0 aromatic carbocycles. The van der Waals surface area contributed by atoms with Crippen LogP contribution in [-0.4, -0.2) is 152 Å². The highest BCUT2D eigenvalue weighted by Gasteiger charge is 2.48. The lowest BCUT2D eigenvalue weighted by Gasteiger charge is -2.44. The van der Waals surface area contributed by atoms with E-state index in [-0.39, 0.29) is 6.61 Å². The Bertz CT molecular complexity index is 654. The first-order chi connectivity index (χ1) is 16.5. The summed E-state index contributed by atoms with van der Waals surface area (Å²) in [7, 11) is 0. The minimum absolute atomic E-state index is 0.155. The molecule has 0 spiro atoms. The molecular formula is C21H38O14. The topological polar surface area (TPSA) is 228 Å². The molecule has 3 aliphatic rings. The first-order valence-electron chi connectivity index (χ1n) is 11.8. The van der Waals surface area contributed by atoms with E-state index in [4.69, 9.17) is 23.7 Å². The van der Waals surface area contributed by atoms with Gasteiger partial charge in [0.15, 0.2) is 12.6 Å². The maximum atomic E-state index is 10.3. The molecule has 14 nitrogen and oxygen atoms in total. The Kier molecular flexibility index (Phi) is 10.2. The fourth-order valence-corrected chi connectivity index (χ4v) is 4.65. The van der Waals surface area contributed by atoms with Crippen molar-refractivity contribution < 1.29 is 69.6 Å². The Morgan fingerprint density at radius 1 is 0.571 bits per heavy atom. The van der Waals surface area contributed by atoms with Gasteiger partial charge in [0.2, 0.25) is 0 Å². The molecule has 15 atom stereocenters. The standard InChI is InChI=1S/C21H38O14/c1-3-8-10(33-7(2)12(23)13(8)24)5-31-21-19(30)17(28)15(26)11(35-21)6-32-20-18(29)16(27)14(25)9(4-22)34-20/h7-30H,3-6H2,1-2H3. The van der Waals surface area contributed by atoms with Gasteiger partial charge in [0.25, 0.3) is 0 Å². The first kappa shape index (κ1) is 29.0. The molecule has 0 bridgehead atoms. The average Bonchev–Trinajstić information content (AvgIpc) is 2.84. The van der Waals surface area contributed by atoms with Gasteiger partial charge in [-0.05, 0) is 13.3 Å². The molecule has 15 unspecified atom stereocenters. The van der Waals surface area contributed by atoms with Crippen LogP contribution in [0.4, 0.5) is 0 Å². The second-order valence-electron chi connectivity index (χ2n) is 9.31. The number of aliphatic hydroxyl groups is 9. The fourth-order valence-electron chi connectivity index (χ4n) is 4.65. The van der Waals surface area contributed by atoms with Crippen LogP contribution < -0.4 is 0 Å². The van der Waals surface area contributed by atoms with Gasteiger partial charge in [-0.1, -0.05) is 6.92 Å². The molecule has 3 heterocycles. The summed E-state index contributed by atoms with van der Waals surface area (Å²) < 4.78 is 27.5. The van der Waals surface area contributed by atoms with Crippen molar-refractivity contribution in [3.8, 4) is 0 Å². The zero-order chi connectivity index (χ0) is 26.0. The zero-order valence-corrected chi connectivity index (χ0v) is 19.6. The molecule has 0 saturated carbocycles. The maximum absolute atomic E-state index is 10.3. The van der Waals surface area contributed by atoms with E-state index in [1.165, 1.54) is 0 Å². The van der Waals surface area contributed by atoms with Gasteiger partial charge in [0, 0.05) is 5.92 Å². The van der Waals surface area contributed by atoms with Crippen molar-refractivity contribution in [2.75, 3.05) is 19.8 Å². The van der Waals surface area contributed by atoms with E-state index < -0.39 is 105 Å². The van der Waals surface area contributed by atoms with Crippen molar-refractivity contribution in [1.82, 2.24) is 0 Å². The lowest BCUT2D eigenvalue weighted by Crippen LogP contribution is -2.62. The Morgan fingerprint density at radius 2 is 1.06 bits per heavy atom. The molecule has 3 rings (SSSR count).